The summed E-state index contributed by atoms with van der Waals surface area (Å²) in [6.07, 6.45) is 1.17. The molecule has 0 unspecified atom stereocenters. The third-order valence-electron chi connectivity index (χ3n) is 5.12. The SMILES string of the molecule is C[C@@H](NC(=O)c1ccc(CSc2nc3ccccc3[nH]2)cc1)c1ccc(S(C)(=O)=O)cc1. The maximum absolute atomic E-state index is 12.6. The lowest BCUT2D eigenvalue weighted by molar-refractivity contribution is 0.0940. The molecule has 0 saturated carbocycles. The summed E-state index contributed by atoms with van der Waals surface area (Å²) in [5, 5.41) is 3.82. The zero-order valence-electron chi connectivity index (χ0n) is 17.7. The average Bonchev–Trinajstić information content (AvgIpc) is 3.20. The van der Waals surface area contributed by atoms with E-state index in [1.54, 1.807) is 36.0 Å². The summed E-state index contributed by atoms with van der Waals surface area (Å²) in [5.41, 5.74) is 4.47. The van der Waals surface area contributed by atoms with Gasteiger partial charge in [-0.1, -0.05) is 48.2 Å². The van der Waals surface area contributed by atoms with E-state index >= 15 is 0 Å². The zero-order valence-corrected chi connectivity index (χ0v) is 19.3. The maximum atomic E-state index is 12.6. The van der Waals surface area contributed by atoms with Crippen molar-refractivity contribution in [3.8, 4) is 0 Å². The van der Waals surface area contributed by atoms with Crippen LogP contribution in [0.1, 0.15) is 34.5 Å². The molecule has 0 radical (unpaired) electrons. The van der Waals surface area contributed by atoms with Crippen molar-refractivity contribution in [2.24, 2.45) is 0 Å². The molecule has 32 heavy (non-hydrogen) atoms. The highest BCUT2D eigenvalue weighted by atomic mass is 32.2. The Labute approximate surface area is 191 Å². The van der Waals surface area contributed by atoms with Gasteiger partial charge in [-0.15, -0.1) is 0 Å². The monoisotopic (exact) mass is 465 g/mol. The molecule has 0 bridgehead atoms. The van der Waals surface area contributed by atoms with E-state index in [0.29, 0.717) is 5.56 Å². The minimum Gasteiger partial charge on any atom is -0.346 e. The van der Waals surface area contributed by atoms with E-state index in [1.165, 1.54) is 6.26 Å². The van der Waals surface area contributed by atoms with E-state index in [0.717, 1.165) is 33.1 Å². The number of rotatable bonds is 7. The van der Waals surface area contributed by atoms with Gasteiger partial charge < -0.3 is 10.3 Å². The van der Waals surface area contributed by atoms with E-state index < -0.39 is 9.84 Å². The van der Waals surface area contributed by atoms with Crippen LogP contribution in [0.2, 0.25) is 0 Å². The Morgan fingerprint density at radius 2 is 1.72 bits per heavy atom. The fraction of sp³-hybridized carbons (Fsp3) is 0.167. The van der Waals surface area contributed by atoms with Crippen LogP contribution in [0.15, 0.2) is 82.8 Å². The van der Waals surface area contributed by atoms with Crippen LogP contribution in [-0.4, -0.2) is 30.5 Å². The van der Waals surface area contributed by atoms with Gasteiger partial charge in [-0.2, -0.15) is 0 Å². The Morgan fingerprint density at radius 3 is 2.38 bits per heavy atom. The molecule has 0 aliphatic heterocycles. The normalized spacial score (nSPS) is 12.6. The molecule has 0 saturated heterocycles. The molecular formula is C24H23N3O3S2. The number of para-hydroxylation sites is 2. The van der Waals surface area contributed by atoms with Gasteiger partial charge in [-0.3, -0.25) is 4.79 Å². The molecular weight excluding hydrogens is 442 g/mol. The van der Waals surface area contributed by atoms with Crippen molar-refractivity contribution < 1.29 is 13.2 Å². The van der Waals surface area contributed by atoms with Crippen LogP contribution in [0.25, 0.3) is 11.0 Å². The van der Waals surface area contributed by atoms with Crippen LogP contribution in [-0.2, 0) is 15.6 Å². The highest BCUT2D eigenvalue weighted by Gasteiger charge is 2.13. The number of thioether (sulfide) groups is 1. The third kappa shape index (κ3) is 5.20. The molecule has 0 fully saturated rings. The molecule has 0 aliphatic rings. The number of amides is 1. The molecule has 0 aliphatic carbocycles. The van der Waals surface area contributed by atoms with Gasteiger partial charge in [-0.25, -0.2) is 13.4 Å². The maximum Gasteiger partial charge on any atom is 0.251 e. The van der Waals surface area contributed by atoms with Crippen molar-refractivity contribution in [3.63, 3.8) is 0 Å². The number of imidazole rings is 1. The number of benzene rings is 3. The molecule has 1 atom stereocenters. The van der Waals surface area contributed by atoms with Gasteiger partial charge in [0.1, 0.15) is 0 Å². The second kappa shape index (κ2) is 9.18. The fourth-order valence-electron chi connectivity index (χ4n) is 3.27. The Bertz CT molecular complexity index is 1310. The Morgan fingerprint density at radius 1 is 1.03 bits per heavy atom. The number of hydrogen-bond acceptors (Lipinski definition) is 5. The summed E-state index contributed by atoms with van der Waals surface area (Å²) in [4.78, 5) is 20.7. The molecule has 4 rings (SSSR count). The predicted molar refractivity (Wildman–Crippen MR) is 128 cm³/mol. The largest absolute Gasteiger partial charge is 0.346 e. The van der Waals surface area contributed by atoms with Crippen molar-refractivity contribution >= 4 is 38.5 Å². The average molecular weight is 466 g/mol. The van der Waals surface area contributed by atoms with Crippen LogP contribution >= 0.6 is 11.8 Å². The number of nitrogens with zero attached hydrogens (tertiary/aromatic N) is 1. The van der Waals surface area contributed by atoms with Crippen LogP contribution < -0.4 is 5.32 Å². The number of nitrogens with one attached hydrogen (secondary N) is 2. The molecule has 0 spiro atoms. The molecule has 1 heterocycles. The van der Waals surface area contributed by atoms with Crippen molar-refractivity contribution in [2.75, 3.05) is 6.26 Å². The van der Waals surface area contributed by atoms with Gasteiger partial charge >= 0.3 is 0 Å². The topological polar surface area (TPSA) is 91.9 Å². The van der Waals surface area contributed by atoms with E-state index in [1.807, 2.05) is 55.5 Å². The van der Waals surface area contributed by atoms with E-state index in [-0.39, 0.29) is 16.8 Å². The summed E-state index contributed by atoms with van der Waals surface area (Å²) in [6.45, 7) is 1.87. The first-order valence-electron chi connectivity index (χ1n) is 10.1. The lowest BCUT2D eigenvalue weighted by Gasteiger charge is -2.15. The molecule has 2 N–H and O–H groups in total. The Hall–Kier alpha value is -3.10. The second-order valence-electron chi connectivity index (χ2n) is 7.58. The zero-order chi connectivity index (χ0) is 22.7. The quantitative estimate of drug-likeness (QED) is 0.384. The summed E-state index contributed by atoms with van der Waals surface area (Å²) in [5.74, 6) is 0.561. The molecule has 4 aromatic rings. The summed E-state index contributed by atoms with van der Waals surface area (Å²) < 4.78 is 23.2. The lowest BCUT2D eigenvalue weighted by Crippen LogP contribution is -2.26. The van der Waals surface area contributed by atoms with Gasteiger partial charge in [-0.05, 0) is 54.4 Å². The van der Waals surface area contributed by atoms with Gasteiger partial charge in [0.2, 0.25) is 0 Å². The molecule has 8 heteroatoms. The smallest absolute Gasteiger partial charge is 0.251 e. The minimum atomic E-state index is -3.24. The highest BCUT2D eigenvalue weighted by molar-refractivity contribution is 7.98. The highest BCUT2D eigenvalue weighted by Crippen LogP contribution is 2.23. The summed E-state index contributed by atoms with van der Waals surface area (Å²) in [7, 11) is -3.24. The minimum absolute atomic E-state index is 0.179. The number of fused-ring (bicyclic) bond motifs is 1. The van der Waals surface area contributed by atoms with Crippen molar-refractivity contribution in [1.29, 1.82) is 0 Å². The second-order valence-corrected chi connectivity index (χ2v) is 10.6. The standard InChI is InChI=1S/C24H23N3O3S2/c1-16(18-11-13-20(14-12-18)32(2,29)30)25-23(28)19-9-7-17(8-10-19)15-31-24-26-21-5-3-4-6-22(21)27-24/h3-14,16H,15H2,1-2H3,(H,25,28)(H,26,27)/t16-/m1/s1. The fourth-order valence-corrected chi connectivity index (χ4v) is 4.74. The van der Waals surface area contributed by atoms with E-state index in [4.69, 9.17) is 0 Å². The Kier molecular flexibility index (Phi) is 6.34. The van der Waals surface area contributed by atoms with Crippen molar-refractivity contribution in [1.82, 2.24) is 15.3 Å². The number of carbonyl (C=O) groups is 1. The number of carbonyl (C=O) groups excluding carboxylic acids is 1. The first kappa shape index (κ1) is 22.1. The number of aromatic amines is 1. The molecule has 164 valence electrons. The van der Waals surface area contributed by atoms with Gasteiger partial charge in [0, 0.05) is 17.6 Å². The first-order chi connectivity index (χ1) is 15.3. The number of H-pyrrole nitrogens is 1. The first-order valence-corrected chi connectivity index (χ1v) is 12.9. The predicted octanol–water partition coefficient (Wildman–Crippen LogP) is 4.75. The lowest BCUT2D eigenvalue weighted by atomic mass is 10.1. The molecule has 6 nitrogen and oxygen atoms in total. The van der Waals surface area contributed by atoms with E-state index in [9.17, 15) is 13.2 Å². The Balaban J connectivity index is 1.35. The van der Waals surface area contributed by atoms with Crippen LogP contribution in [0.5, 0.6) is 0 Å². The van der Waals surface area contributed by atoms with Crippen LogP contribution in [0.3, 0.4) is 0 Å². The van der Waals surface area contributed by atoms with Crippen LogP contribution in [0.4, 0.5) is 0 Å². The number of sulfone groups is 1. The van der Waals surface area contributed by atoms with Gasteiger partial charge in [0.15, 0.2) is 15.0 Å². The van der Waals surface area contributed by atoms with Gasteiger partial charge in [0.05, 0.1) is 22.0 Å². The van der Waals surface area contributed by atoms with Crippen LogP contribution in [0, 0.1) is 0 Å². The number of hydrogen-bond donors (Lipinski definition) is 2. The summed E-state index contributed by atoms with van der Waals surface area (Å²) in [6, 6.07) is 21.7. The molecule has 1 aromatic heterocycles. The molecule has 3 aromatic carbocycles. The van der Waals surface area contributed by atoms with Crippen molar-refractivity contribution in [3.05, 3.63) is 89.5 Å². The van der Waals surface area contributed by atoms with Crippen molar-refractivity contribution in [2.45, 2.75) is 28.8 Å². The third-order valence-corrected chi connectivity index (χ3v) is 7.19. The number of aromatic nitrogens is 2. The summed E-state index contributed by atoms with van der Waals surface area (Å²) >= 11 is 1.61. The molecule has 1 amide bonds. The van der Waals surface area contributed by atoms with E-state index in [2.05, 4.69) is 15.3 Å². The van der Waals surface area contributed by atoms with Gasteiger partial charge in [0.25, 0.3) is 5.91 Å².